The molecule has 3 aromatic rings. The molecule has 0 radical (unpaired) electrons. The second kappa shape index (κ2) is 9.33. The first-order valence-electron chi connectivity index (χ1n) is 11.5. The molecule has 2 heterocycles. The Morgan fingerprint density at radius 3 is 2.61 bits per heavy atom. The van der Waals surface area contributed by atoms with Crippen molar-refractivity contribution in [3.63, 3.8) is 0 Å². The van der Waals surface area contributed by atoms with Gasteiger partial charge in [0, 0.05) is 30.7 Å². The van der Waals surface area contributed by atoms with Crippen molar-refractivity contribution >= 4 is 22.8 Å². The van der Waals surface area contributed by atoms with Gasteiger partial charge in [0.25, 0.3) is 11.8 Å². The van der Waals surface area contributed by atoms with Crippen molar-refractivity contribution in [1.29, 1.82) is 0 Å². The van der Waals surface area contributed by atoms with Crippen molar-refractivity contribution in [2.75, 3.05) is 13.2 Å². The summed E-state index contributed by atoms with van der Waals surface area (Å²) in [5.74, 6) is 0.256. The number of amides is 2. The number of hydrogen-bond donors (Lipinski definition) is 3. The lowest BCUT2D eigenvalue weighted by Crippen LogP contribution is -2.51. The molecule has 0 bridgehead atoms. The first kappa shape index (κ1) is 21.6. The van der Waals surface area contributed by atoms with Crippen molar-refractivity contribution in [2.24, 2.45) is 5.92 Å². The number of rotatable bonds is 6. The third kappa shape index (κ3) is 4.36. The van der Waals surface area contributed by atoms with Gasteiger partial charge in [-0.15, -0.1) is 0 Å². The molecule has 8 heteroatoms. The molecule has 8 nitrogen and oxygen atoms in total. The van der Waals surface area contributed by atoms with E-state index in [0.717, 1.165) is 22.4 Å². The van der Waals surface area contributed by atoms with Crippen LogP contribution in [0.1, 0.15) is 53.3 Å². The Balaban J connectivity index is 1.31. The Labute approximate surface area is 191 Å². The van der Waals surface area contributed by atoms with Crippen LogP contribution in [0.4, 0.5) is 0 Å². The summed E-state index contributed by atoms with van der Waals surface area (Å²) in [6.45, 7) is 1.33. The van der Waals surface area contributed by atoms with E-state index in [9.17, 15) is 9.59 Å². The van der Waals surface area contributed by atoms with Crippen molar-refractivity contribution in [2.45, 2.75) is 44.2 Å². The first-order valence-corrected chi connectivity index (χ1v) is 11.5. The van der Waals surface area contributed by atoms with Gasteiger partial charge in [0.2, 0.25) is 0 Å². The molecule has 1 saturated carbocycles. The Morgan fingerprint density at radius 1 is 1.09 bits per heavy atom. The van der Waals surface area contributed by atoms with Crippen LogP contribution in [0.5, 0.6) is 0 Å². The Bertz CT molecular complexity index is 1150. The number of fused-ring (bicyclic) bond motifs is 1. The van der Waals surface area contributed by atoms with Crippen LogP contribution in [0.25, 0.3) is 11.0 Å². The molecule has 2 aliphatic rings. The van der Waals surface area contributed by atoms with Crippen LogP contribution in [-0.2, 0) is 16.1 Å². The molecular formula is C25H28N4O4. The molecule has 3 N–H and O–H groups in total. The summed E-state index contributed by atoms with van der Waals surface area (Å²) in [6, 6.07) is 15.4. The average molecular weight is 449 g/mol. The molecule has 1 aromatic heterocycles. The summed E-state index contributed by atoms with van der Waals surface area (Å²) in [4.78, 5) is 29.6. The third-order valence-electron chi connectivity index (χ3n) is 6.83. The average Bonchev–Trinajstić information content (AvgIpc) is 3.16. The fourth-order valence-electron chi connectivity index (χ4n) is 4.69. The summed E-state index contributed by atoms with van der Waals surface area (Å²) in [5.41, 5.74) is 5.44. The fraction of sp³-hybridized carbons (Fsp3) is 0.400. The molecule has 2 amide bonds. The molecule has 1 saturated heterocycles. The van der Waals surface area contributed by atoms with Gasteiger partial charge in [-0.05, 0) is 49.1 Å². The van der Waals surface area contributed by atoms with Crippen LogP contribution in [0.2, 0.25) is 0 Å². The molecule has 5 rings (SSSR count). The highest BCUT2D eigenvalue weighted by molar-refractivity contribution is 5.95. The van der Waals surface area contributed by atoms with E-state index >= 15 is 0 Å². The van der Waals surface area contributed by atoms with Gasteiger partial charge in [0.05, 0.1) is 23.6 Å². The number of nitrogens with zero attached hydrogens (tertiary/aromatic N) is 2. The van der Waals surface area contributed by atoms with E-state index in [-0.39, 0.29) is 18.6 Å². The lowest BCUT2D eigenvalue weighted by molar-refractivity contribution is -0.138. The van der Waals surface area contributed by atoms with E-state index in [1.54, 1.807) is 5.48 Å². The van der Waals surface area contributed by atoms with Crippen molar-refractivity contribution in [1.82, 2.24) is 20.3 Å². The Hall–Kier alpha value is -3.23. The second-order valence-electron chi connectivity index (χ2n) is 8.90. The fourth-order valence-corrected chi connectivity index (χ4v) is 4.69. The number of para-hydroxylation sites is 2. The number of benzene rings is 2. The van der Waals surface area contributed by atoms with Crippen LogP contribution in [-0.4, -0.2) is 45.8 Å². The second-order valence-corrected chi connectivity index (χ2v) is 8.90. The summed E-state index contributed by atoms with van der Waals surface area (Å²) >= 11 is 0. The predicted octanol–water partition coefficient (Wildman–Crippen LogP) is 2.99. The zero-order valence-corrected chi connectivity index (χ0v) is 18.4. The number of carbonyl (C=O) groups excluding carboxylic acids is 2. The van der Waals surface area contributed by atoms with Gasteiger partial charge in [-0.2, -0.15) is 0 Å². The van der Waals surface area contributed by atoms with Crippen LogP contribution in [0.15, 0.2) is 48.5 Å². The molecule has 1 aliphatic carbocycles. The number of aromatic nitrogens is 2. The smallest absolute Gasteiger partial charge is 0.251 e. The zero-order valence-electron chi connectivity index (χ0n) is 18.4. The molecule has 0 unspecified atom stereocenters. The van der Waals surface area contributed by atoms with E-state index < -0.39 is 11.8 Å². The maximum atomic E-state index is 12.8. The van der Waals surface area contributed by atoms with E-state index in [1.165, 1.54) is 19.3 Å². The van der Waals surface area contributed by atoms with E-state index in [2.05, 4.69) is 22.0 Å². The van der Waals surface area contributed by atoms with Crippen molar-refractivity contribution in [3.8, 4) is 0 Å². The summed E-state index contributed by atoms with van der Waals surface area (Å²) in [7, 11) is 0. The summed E-state index contributed by atoms with van der Waals surface area (Å²) < 4.78 is 7.63. The number of hydroxylamine groups is 1. The highest BCUT2D eigenvalue weighted by Gasteiger charge is 2.33. The number of hydrogen-bond acceptors (Lipinski definition) is 5. The number of nitrogens with one attached hydrogen (secondary N) is 2. The van der Waals surface area contributed by atoms with Crippen LogP contribution in [0.3, 0.4) is 0 Å². The lowest BCUT2D eigenvalue weighted by Gasteiger charge is -2.30. The number of ether oxygens (including phenoxy) is 1. The maximum absolute atomic E-state index is 12.8. The molecule has 0 spiro atoms. The largest absolute Gasteiger partial charge is 0.380 e. The van der Waals surface area contributed by atoms with Gasteiger partial charge in [-0.3, -0.25) is 14.8 Å². The minimum absolute atomic E-state index is 0.165. The van der Waals surface area contributed by atoms with Crippen LogP contribution in [0, 0.1) is 5.92 Å². The van der Waals surface area contributed by atoms with Crippen LogP contribution < -0.4 is 10.8 Å². The Kier molecular flexibility index (Phi) is 6.11. The maximum Gasteiger partial charge on any atom is 0.251 e. The van der Waals surface area contributed by atoms with E-state index in [0.29, 0.717) is 31.1 Å². The Morgan fingerprint density at radius 2 is 1.88 bits per heavy atom. The highest BCUT2D eigenvalue weighted by atomic mass is 16.5. The standard InChI is InChI=1S/C25H28N4O4/c30-24(27-20-12-13-33-15-19(20)25(31)28-32)18-10-8-16(9-11-18)14-29-22-7-2-1-6-21(22)26-23(29)17-4-3-5-17/h1-2,6-11,17,19-20,32H,3-5,12-15H2,(H,27,30)(H,28,31)/t19-,20-/m0/s1. The minimum atomic E-state index is -0.619. The molecule has 2 fully saturated rings. The topological polar surface area (TPSA) is 105 Å². The summed E-state index contributed by atoms with van der Waals surface area (Å²) in [5, 5.41) is 11.9. The number of imidazole rings is 1. The van der Waals surface area contributed by atoms with Gasteiger partial charge < -0.3 is 14.6 Å². The van der Waals surface area contributed by atoms with Gasteiger partial charge in [0.1, 0.15) is 5.82 Å². The van der Waals surface area contributed by atoms with Crippen molar-refractivity contribution in [3.05, 3.63) is 65.5 Å². The van der Waals surface area contributed by atoms with Crippen molar-refractivity contribution < 1.29 is 19.5 Å². The van der Waals surface area contributed by atoms with Gasteiger partial charge in [0.15, 0.2) is 0 Å². The highest BCUT2D eigenvalue weighted by Crippen LogP contribution is 2.37. The molecule has 2 atom stereocenters. The SMILES string of the molecule is O=C(N[C@H]1CCOC[C@@H]1C(=O)NO)c1ccc(Cn2c(C3CCC3)nc3ccccc32)cc1. The van der Waals surface area contributed by atoms with E-state index in [4.69, 9.17) is 14.9 Å². The normalized spacial score (nSPS) is 20.9. The molecule has 2 aromatic carbocycles. The molecular weight excluding hydrogens is 420 g/mol. The van der Waals surface area contributed by atoms with E-state index in [1.807, 2.05) is 36.4 Å². The predicted molar refractivity (Wildman–Crippen MR) is 122 cm³/mol. The van der Waals surface area contributed by atoms with Gasteiger partial charge >= 0.3 is 0 Å². The lowest BCUT2D eigenvalue weighted by atomic mass is 9.85. The molecule has 1 aliphatic heterocycles. The summed E-state index contributed by atoms with van der Waals surface area (Å²) in [6.07, 6.45) is 4.14. The van der Waals surface area contributed by atoms with Gasteiger partial charge in [-0.1, -0.05) is 30.7 Å². The van der Waals surface area contributed by atoms with Gasteiger partial charge in [-0.25, -0.2) is 10.5 Å². The first-order chi connectivity index (χ1) is 16.1. The minimum Gasteiger partial charge on any atom is -0.380 e. The van der Waals surface area contributed by atoms with Crippen LogP contribution >= 0.6 is 0 Å². The number of carbonyl (C=O) groups is 2. The zero-order chi connectivity index (χ0) is 22.8. The molecule has 33 heavy (non-hydrogen) atoms. The monoisotopic (exact) mass is 448 g/mol. The quantitative estimate of drug-likeness (QED) is 0.397. The third-order valence-corrected chi connectivity index (χ3v) is 6.83. The molecule has 172 valence electrons.